The van der Waals surface area contributed by atoms with Crippen LogP contribution in [0.4, 0.5) is 0 Å². The molecule has 4 aromatic heterocycles. The van der Waals surface area contributed by atoms with E-state index in [1.807, 2.05) is 12.1 Å². The molecule has 0 aliphatic heterocycles. The lowest BCUT2D eigenvalue weighted by Gasteiger charge is -2.06. The van der Waals surface area contributed by atoms with Gasteiger partial charge in [-0.15, -0.1) is 22.7 Å². The minimum absolute atomic E-state index is 0.774. The Kier molecular flexibility index (Phi) is 4.06. The Bertz CT molecular complexity index is 1330. The largest absolute Gasteiger partial charge is 0.298 e. The van der Waals surface area contributed by atoms with Crippen molar-refractivity contribution in [3.05, 3.63) is 67.1 Å². The Morgan fingerprint density at radius 1 is 0.889 bits per heavy atom. The molecule has 4 heterocycles. The van der Waals surface area contributed by atoms with E-state index in [4.69, 9.17) is 28.2 Å². The third kappa shape index (κ3) is 2.71. The minimum atomic E-state index is 0.774. The van der Waals surface area contributed by atoms with Gasteiger partial charge in [0.15, 0.2) is 0 Å². The fourth-order valence-electron chi connectivity index (χ4n) is 3.58. The smallest absolute Gasteiger partial charge is 0.145 e. The number of aromatic nitrogens is 2. The molecule has 0 aliphatic rings. The number of aryl methyl sites for hydroxylation is 2. The molecule has 0 unspecified atom stereocenters. The molecule has 0 radical (unpaired) electrons. The number of hydrogen-bond acceptors (Lipinski definition) is 3. The first-order valence-corrected chi connectivity index (χ1v) is 10.8. The van der Waals surface area contributed by atoms with Gasteiger partial charge in [-0.3, -0.25) is 4.40 Å². The number of thiophene rings is 2. The van der Waals surface area contributed by atoms with Crippen molar-refractivity contribution in [1.82, 2.24) is 9.38 Å². The van der Waals surface area contributed by atoms with Gasteiger partial charge < -0.3 is 0 Å². The molecule has 134 valence electrons. The predicted molar refractivity (Wildman–Crippen MR) is 119 cm³/mol. The van der Waals surface area contributed by atoms with Gasteiger partial charge in [0.25, 0.3) is 0 Å². The van der Waals surface area contributed by atoms with Gasteiger partial charge in [-0.1, -0.05) is 47.5 Å². The monoisotopic (exact) mass is 428 g/mol. The number of rotatable bonds is 2. The zero-order valence-electron chi connectivity index (χ0n) is 14.6. The Morgan fingerprint density at radius 2 is 1.56 bits per heavy atom. The zero-order valence-corrected chi connectivity index (χ0v) is 17.7. The maximum Gasteiger partial charge on any atom is 0.145 e. The summed E-state index contributed by atoms with van der Waals surface area (Å²) < 4.78 is 3.73. The number of benzene rings is 1. The summed E-state index contributed by atoms with van der Waals surface area (Å²) in [7, 11) is 0. The van der Waals surface area contributed by atoms with Crippen molar-refractivity contribution in [2.45, 2.75) is 13.8 Å². The van der Waals surface area contributed by atoms with Gasteiger partial charge in [-0.25, -0.2) is 4.98 Å². The molecule has 27 heavy (non-hydrogen) atoms. The Balaban J connectivity index is 1.95. The van der Waals surface area contributed by atoms with Crippen molar-refractivity contribution in [2.75, 3.05) is 0 Å². The van der Waals surface area contributed by atoms with Crippen LogP contribution in [0, 0.1) is 13.8 Å². The van der Waals surface area contributed by atoms with Crippen LogP contribution in [0.1, 0.15) is 9.75 Å². The highest BCUT2D eigenvalue weighted by molar-refractivity contribution is 7.17. The second kappa shape index (κ2) is 6.35. The third-order valence-electron chi connectivity index (χ3n) is 4.80. The van der Waals surface area contributed by atoms with E-state index >= 15 is 0 Å². The van der Waals surface area contributed by atoms with Crippen LogP contribution in [0.15, 0.2) is 48.7 Å². The van der Waals surface area contributed by atoms with Crippen molar-refractivity contribution in [2.24, 2.45) is 0 Å². The Labute approximate surface area is 174 Å². The Morgan fingerprint density at radius 3 is 2.22 bits per heavy atom. The fraction of sp³-hybridized carbons (Fsp3) is 0.0952. The lowest BCUT2D eigenvalue weighted by atomic mass is 10.1. The molecule has 0 saturated heterocycles. The van der Waals surface area contributed by atoms with Crippen LogP contribution < -0.4 is 0 Å². The number of halogens is 2. The summed E-state index contributed by atoms with van der Waals surface area (Å²) in [4.78, 5) is 7.42. The zero-order chi connectivity index (χ0) is 18.7. The van der Waals surface area contributed by atoms with E-state index in [1.165, 1.54) is 10.3 Å². The lowest BCUT2D eigenvalue weighted by Crippen LogP contribution is -1.90. The van der Waals surface area contributed by atoms with Crippen LogP contribution in [0.5, 0.6) is 0 Å². The summed E-state index contributed by atoms with van der Waals surface area (Å²) in [5, 5.41) is 2.30. The molecule has 5 aromatic rings. The van der Waals surface area contributed by atoms with Crippen LogP contribution in [0.3, 0.4) is 0 Å². The molecule has 0 saturated carbocycles. The highest BCUT2D eigenvalue weighted by Gasteiger charge is 2.22. The standard InChI is InChI=1S/C21H14Cl2N2S2/c1-11-15(9-17(22)26-11)19-20(16-10-18(23)27-12(16)2)25-8-7-13-5-3-4-6-14(13)21(25)24-19/h3-10H,1-2H3. The molecule has 0 bridgehead atoms. The summed E-state index contributed by atoms with van der Waals surface area (Å²) in [6.07, 6.45) is 2.10. The maximum absolute atomic E-state index is 6.33. The summed E-state index contributed by atoms with van der Waals surface area (Å²) >= 11 is 15.8. The highest BCUT2D eigenvalue weighted by Crippen LogP contribution is 2.43. The first-order chi connectivity index (χ1) is 13.0. The Hall–Kier alpha value is -1.85. The fourth-order valence-corrected chi connectivity index (χ4v) is 5.96. The predicted octanol–water partition coefficient (Wildman–Crippen LogP) is 7.87. The van der Waals surface area contributed by atoms with Crippen LogP contribution >= 0.6 is 45.9 Å². The number of pyridine rings is 1. The lowest BCUT2D eigenvalue weighted by molar-refractivity contribution is 1.21. The highest BCUT2D eigenvalue weighted by atomic mass is 35.5. The SMILES string of the molecule is Cc1sc(Cl)cc1-c1nc2c3ccccc3ccn2c1-c1cc(Cl)sc1C. The summed E-state index contributed by atoms with van der Waals surface area (Å²) in [6.45, 7) is 4.19. The molecule has 0 N–H and O–H groups in total. The summed E-state index contributed by atoms with van der Waals surface area (Å²) in [5.74, 6) is 0. The molecule has 0 atom stereocenters. The van der Waals surface area contributed by atoms with Gasteiger partial charge in [0.05, 0.1) is 20.1 Å². The minimum Gasteiger partial charge on any atom is -0.298 e. The van der Waals surface area contributed by atoms with Crippen LogP contribution in [0.2, 0.25) is 8.67 Å². The van der Waals surface area contributed by atoms with E-state index in [0.717, 1.165) is 47.1 Å². The number of fused-ring (bicyclic) bond motifs is 3. The van der Waals surface area contributed by atoms with Crippen molar-refractivity contribution in [3.63, 3.8) is 0 Å². The topological polar surface area (TPSA) is 17.3 Å². The first kappa shape index (κ1) is 17.3. The molecule has 0 aliphatic carbocycles. The van der Waals surface area contributed by atoms with Crippen molar-refractivity contribution >= 4 is 62.3 Å². The third-order valence-corrected chi connectivity index (χ3v) is 7.16. The molecule has 1 aromatic carbocycles. The normalized spacial score (nSPS) is 11.7. The van der Waals surface area contributed by atoms with Crippen LogP contribution in [-0.2, 0) is 0 Å². The van der Waals surface area contributed by atoms with E-state index < -0.39 is 0 Å². The molecular weight excluding hydrogens is 415 g/mol. The molecule has 2 nitrogen and oxygen atoms in total. The van der Waals surface area contributed by atoms with Crippen molar-refractivity contribution in [3.8, 4) is 22.5 Å². The van der Waals surface area contributed by atoms with Crippen LogP contribution in [0.25, 0.3) is 38.9 Å². The molecular formula is C21H14Cl2N2S2. The summed E-state index contributed by atoms with van der Waals surface area (Å²) in [5.41, 5.74) is 5.15. The van der Waals surface area contributed by atoms with E-state index in [0.29, 0.717) is 0 Å². The number of imidazole rings is 1. The average molecular weight is 429 g/mol. The first-order valence-electron chi connectivity index (χ1n) is 8.45. The van der Waals surface area contributed by atoms with Gasteiger partial charge in [-0.2, -0.15) is 0 Å². The number of nitrogens with zero attached hydrogens (tertiary/aromatic N) is 2. The average Bonchev–Trinajstić information content (AvgIpc) is 3.28. The second-order valence-corrected chi connectivity index (χ2v) is 10.2. The van der Waals surface area contributed by atoms with E-state index in [9.17, 15) is 0 Å². The van der Waals surface area contributed by atoms with Crippen molar-refractivity contribution in [1.29, 1.82) is 0 Å². The second-order valence-electron chi connectivity index (χ2n) is 6.45. The van der Waals surface area contributed by atoms with Crippen molar-refractivity contribution < 1.29 is 0 Å². The summed E-state index contributed by atoms with van der Waals surface area (Å²) in [6, 6.07) is 14.5. The van der Waals surface area contributed by atoms with Gasteiger partial charge in [-0.05, 0) is 37.4 Å². The van der Waals surface area contributed by atoms with Gasteiger partial charge in [0.2, 0.25) is 0 Å². The van der Waals surface area contributed by atoms with Gasteiger partial charge in [0, 0.05) is 32.5 Å². The molecule has 0 fully saturated rings. The quantitative estimate of drug-likeness (QED) is 0.279. The maximum atomic E-state index is 6.33. The van der Waals surface area contributed by atoms with E-state index in [-0.39, 0.29) is 0 Å². The molecule has 0 spiro atoms. The van der Waals surface area contributed by atoms with Gasteiger partial charge in [0.1, 0.15) is 5.65 Å². The van der Waals surface area contributed by atoms with E-state index in [2.05, 4.69) is 54.8 Å². The van der Waals surface area contributed by atoms with E-state index in [1.54, 1.807) is 22.7 Å². The number of hydrogen-bond donors (Lipinski definition) is 0. The molecule has 6 heteroatoms. The molecule has 5 rings (SSSR count). The van der Waals surface area contributed by atoms with Gasteiger partial charge >= 0.3 is 0 Å². The van der Waals surface area contributed by atoms with Crippen LogP contribution in [-0.4, -0.2) is 9.38 Å². The molecule has 0 amide bonds.